The average Bonchev–Trinajstić information content (AvgIpc) is 2.54. The minimum Gasteiger partial charge on any atom is -0.497 e. The lowest BCUT2D eigenvalue weighted by atomic mass is 10.3. The topological polar surface area (TPSA) is 59.1 Å². The molecule has 128 valence electrons. The van der Waals surface area contributed by atoms with Crippen molar-refractivity contribution in [2.24, 2.45) is 0 Å². The Morgan fingerprint density at radius 2 is 1.87 bits per heavy atom. The van der Waals surface area contributed by atoms with E-state index in [1.165, 1.54) is 24.6 Å². The molecule has 0 atom stereocenters. The van der Waals surface area contributed by atoms with Crippen molar-refractivity contribution in [3.8, 4) is 11.5 Å². The number of halogens is 1. The molecule has 0 aliphatic carbocycles. The molecule has 1 aromatic carbocycles. The molecule has 1 aliphatic rings. The molecule has 0 N–H and O–H groups in total. The Morgan fingerprint density at radius 3 is 2.39 bits per heavy atom. The summed E-state index contributed by atoms with van der Waals surface area (Å²) in [7, 11) is -0.698. The van der Waals surface area contributed by atoms with E-state index in [0.29, 0.717) is 49.3 Å². The van der Waals surface area contributed by atoms with Crippen molar-refractivity contribution in [2.45, 2.75) is 4.90 Å². The Bertz CT molecular complexity index is 670. The van der Waals surface area contributed by atoms with Gasteiger partial charge in [0.15, 0.2) is 0 Å². The molecule has 1 heterocycles. The van der Waals surface area contributed by atoms with Crippen molar-refractivity contribution in [1.29, 1.82) is 0 Å². The van der Waals surface area contributed by atoms with E-state index in [1.807, 2.05) is 0 Å². The van der Waals surface area contributed by atoms with Crippen LogP contribution >= 0.6 is 11.6 Å². The fourth-order valence-corrected chi connectivity index (χ4v) is 4.26. The van der Waals surface area contributed by atoms with Crippen LogP contribution in [-0.4, -0.2) is 64.6 Å². The van der Waals surface area contributed by atoms with Crippen LogP contribution in [-0.2, 0) is 10.0 Å². The third kappa shape index (κ3) is 4.17. The third-order valence-electron chi connectivity index (χ3n) is 3.72. The molecule has 6 nitrogen and oxygen atoms in total. The van der Waals surface area contributed by atoms with Gasteiger partial charge in [-0.15, -0.1) is 0 Å². The Labute approximate surface area is 142 Å². The smallest absolute Gasteiger partial charge is 0.246 e. The maximum absolute atomic E-state index is 12.9. The Balaban J connectivity index is 2.21. The molecule has 2 rings (SSSR count). The van der Waals surface area contributed by atoms with Crippen LogP contribution in [0.5, 0.6) is 11.5 Å². The van der Waals surface area contributed by atoms with E-state index in [0.717, 1.165) is 0 Å². The SMILES string of the molecule is C=C(Cl)CN1CCN(S(=O)(=O)c2cc(OC)ccc2OC)CC1. The molecular weight excluding hydrogens is 340 g/mol. The zero-order valence-electron chi connectivity index (χ0n) is 13.3. The first-order valence-electron chi connectivity index (χ1n) is 7.16. The summed E-state index contributed by atoms with van der Waals surface area (Å²) in [5.41, 5.74) is 0. The number of hydrogen-bond acceptors (Lipinski definition) is 5. The number of benzene rings is 1. The molecule has 8 heteroatoms. The van der Waals surface area contributed by atoms with Gasteiger partial charge in [0.2, 0.25) is 10.0 Å². The molecule has 0 aromatic heterocycles. The van der Waals surface area contributed by atoms with Gasteiger partial charge >= 0.3 is 0 Å². The standard InChI is InChI=1S/C15H21ClN2O4S/c1-12(16)11-17-6-8-18(9-7-17)23(19,20)15-10-13(21-2)4-5-14(15)22-3/h4-5,10H,1,6-9,11H2,2-3H3. The van der Waals surface area contributed by atoms with E-state index >= 15 is 0 Å². The predicted octanol–water partition coefficient (Wildman–Crippen LogP) is 1.76. The molecule has 1 fully saturated rings. The van der Waals surface area contributed by atoms with Gasteiger partial charge in [-0.3, -0.25) is 4.90 Å². The molecule has 1 aromatic rings. The molecular formula is C15H21ClN2O4S. The first-order valence-corrected chi connectivity index (χ1v) is 8.98. The van der Waals surface area contributed by atoms with Crippen molar-refractivity contribution < 1.29 is 17.9 Å². The van der Waals surface area contributed by atoms with Gasteiger partial charge in [0.25, 0.3) is 0 Å². The van der Waals surface area contributed by atoms with E-state index in [4.69, 9.17) is 21.1 Å². The molecule has 0 unspecified atom stereocenters. The van der Waals surface area contributed by atoms with Crippen LogP contribution in [0.3, 0.4) is 0 Å². The van der Waals surface area contributed by atoms with Crippen LogP contribution in [0.4, 0.5) is 0 Å². The largest absolute Gasteiger partial charge is 0.497 e. The fraction of sp³-hybridized carbons (Fsp3) is 0.467. The Kier molecular flexibility index (Phi) is 5.91. The monoisotopic (exact) mass is 360 g/mol. The van der Waals surface area contributed by atoms with Crippen LogP contribution in [0.2, 0.25) is 0 Å². The lowest BCUT2D eigenvalue weighted by molar-refractivity contribution is 0.203. The summed E-state index contributed by atoms with van der Waals surface area (Å²) in [5.74, 6) is 0.781. The van der Waals surface area contributed by atoms with Gasteiger partial charge < -0.3 is 9.47 Å². The summed E-state index contributed by atoms with van der Waals surface area (Å²) in [6, 6.07) is 4.75. The highest BCUT2D eigenvalue weighted by Crippen LogP contribution is 2.31. The zero-order valence-corrected chi connectivity index (χ0v) is 14.9. The second kappa shape index (κ2) is 7.53. The van der Waals surface area contributed by atoms with Gasteiger partial charge in [-0.2, -0.15) is 4.31 Å². The quantitative estimate of drug-likeness (QED) is 0.773. The van der Waals surface area contributed by atoms with Crippen molar-refractivity contribution in [2.75, 3.05) is 46.9 Å². The molecule has 0 spiro atoms. The Morgan fingerprint density at radius 1 is 1.22 bits per heavy atom. The lowest BCUT2D eigenvalue weighted by Gasteiger charge is -2.33. The van der Waals surface area contributed by atoms with Gasteiger partial charge in [0, 0.05) is 43.8 Å². The highest BCUT2D eigenvalue weighted by molar-refractivity contribution is 7.89. The number of sulfonamides is 1. The summed E-state index contributed by atoms with van der Waals surface area (Å²) < 4.78 is 37.6. The van der Waals surface area contributed by atoms with Crippen LogP contribution in [0.1, 0.15) is 0 Å². The number of ether oxygens (including phenoxy) is 2. The highest BCUT2D eigenvalue weighted by atomic mass is 35.5. The molecule has 23 heavy (non-hydrogen) atoms. The first-order chi connectivity index (χ1) is 10.9. The summed E-state index contributed by atoms with van der Waals surface area (Å²) >= 11 is 5.81. The van der Waals surface area contributed by atoms with Crippen molar-refractivity contribution in [3.05, 3.63) is 29.8 Å². The van der Waals surface area contributed by atoms with E-state index in [2.05, 4.69) is 11.5 Å². The summed E-state index contributed by atoms with van der Waals surface area (Å²) in [4.78, 5) is 2.19. The van der Waals surface area contributed by atoms with E-state index < -0.39 is 10.0 Å². The second-order valence-electron chi connectivity index (χ2n) is 5.21. The number of nitrogens with zero attached hydrogens (tertiary/aromatic N) is 2. The normalized spacial score (nSPS) is 17.0. The van der Waals surface area contributed by atoms with E-state index in [-0.39, 0.29) is 4.90 Å². The van der Waals surface area contributed by atoms with Gasteiger partial charge in [0.1, 0.15) is 16.4 Å². The van der Waals surface area contributed by atoms with Crippen molar-refractivity contribution >= 4 is 21.6 Å². The van der Waals surface area contributed by atoms with Crippen molar-refractivity contribution in [3.63, 3.8) is 0 Å². The van der Waals surface area contributed by atoms with E-state index in [9.17, 15) is 8.42 Å². The second-order valence-corrected chi connectivity index (χ2v) is 7.66. The van der Waals surface area contributed by atoms with Gasteiger partial charge in [0.05, 0.1) is 14.2 Å². The zero-order chi connectivity index (χ0) is 17.0. The van der Waals surface area contributed by atoms with Gasteiger partial charge in [-0.25, -0.2) is 8.42 Å². The van der Waals surface area contributed by atoms with Crippen LogP contribution < -0.4 is 9.47 Å². The molecule has 0 radical (unpaired) electrons. The molecule has 1 saturated heterocycles. The first kappa shape index (κ1) is 18.1. The van der Waals surface area contributed by atoms with E-state index in [1.54, 1.807) is 12.1 Å². The minimum atomic E-state index is -3.64. The van der Waals surface area contributed by atoms with Crippen LogP contribution in [0, 0.1) is 0 Å². The number of piperazine rings is 1. The van der Waals surface area contributed by atoms with Gasteiger partial charge in [-0.1, -0.05) is 18.2 Å². The summed E-state index contributed by atoms with van der Waals surface area (Å²) in [6.07, 6.45) is 0. The number of methoxy groups -OCH3 is 2. The predicted molar refractivity (Wildman–Crippen MR) is 89.7 cm³/mol. The maximum Gasteiger partial charge on any atom is 0.246 e. The molecule has 0 bridgehead atoms. The van der Waals surface area contributed by atoms with Crippen LogP contribution in [0.25, 0.3) is 0 Å². The maximum atomic E-state index is 12.9. The fourth-order valence-electron chi connectivity index (χ4n) is 2.50. The molecule has 0 amide bonds. The third-order valence-corrected chi connectivity index (χ3v) is 5.75. The minimum absolute atomic E-state index is 0.120. The number of rotatable bonds is 6. The van der Waals surface area contributed by atoms with Crippen LogP contribution in [0.15, 0.2) is 34.7 Å². The van der Waals surface area contributed by atoms with Gasteiger partial charge in [-0.05, 0) is 12.1 Å². The molecule has 0 saturated carbocycles. The highest BCUT2D eigenvalue weighted by Gasteiger charge is 2.31. The molecule has 1 aliphatic heterocycles. The number of hydrogen-bond donors (Lipinski definition) is 0. The lowest BCUT2D eigenvalue weighted by Crippen LogP contribution is -2.48. The summed E-state index contributed by atoms with van der Waals surface area (Å²) in [5, 5.41) is 0.552. The summed E-state index contributed by atoms with van der Waals surface area (Å²) in [6.45, 7) is 6.24. The Hall–Kier alpha value is -1.28. The average molecular weight is 361 g/mol. The van der Waals surface area contributed by atoms with Crippen molar-refractivity contribution in [1.82, 2.24) is 9.21 Å².